The standard InChI is InChI=1S/C51H30N2O2/c52-31-32-9-11-33(12-10-32)34-13-15-35(16-14-34)36-17-23-39(24-18-36)53(40-25-19-37-21-27-44-42-5-1-3-7-48(42)54-50(44)46(37)29-40)41-26-20-38-22-28-45-43-6-2-4-8-49(43)55-51(45)47(38)30-41/h1-30H. The molecule has 0 amide bonds. The largest absolute Gasteiger partial charge is 0.455 e. The van der Waals surface area contributed by atoms with Gasteiger partial charge in [0.2, 0.25) is 0 Å². The van der Waals surface area contributed by atoms with Crippen molar-refractivity contribution in [2.24, 2.45) is 0 Å². The van der Waals surface area contributed by atoms with Gasteiger partial charge in [-0.15, -0.1) is 0 Å². The van der Waals surface area contributed by atoms with Crippen molar-refractivity contribution < 1.29 is 8.83 Å². The van der Waals surface area contributed by atoms with Crippen LogP contribution in [0.3, 0.4) is 0 Å². The molecule has 0 radical (unpaired) electrons. The lowest BCUT2D eigenvalue weighted by atomic mass is 9.99. The first kappa shape index (κ1) is 31.0. The summed E-state index contributed by atoms with van der Waals surface area (Å²) in [5, 5.41) is 18.0. The van der Waals surface area contributed by atoms with Crippen molar-refractivity contribution in [1.82, 2.24) is 0 Å². The van der Waals surface area contributed by atoms with Gasteiger partial charge in [-0.25, -0.2) is 0 Å². The first-order valence-corrected chi connectivity index (χ1v) is 18.4. The van der Waals surface area contributed by atoms with Gasteiger partial charge in [0, 0.05) is 49.4 Å². The molecule has 11 aromatic rings. The van der Waals surface area contributed by atoms with E-state index in [1.807, 2.05) is 48.5 Å². The fraction of sp³-hybridized carbons (Fsp3) is 0. The van der Waals surface area contributed by atoms with Gasteiger partial charge < -0.3 is 13.7 Å². The van der Waals surface area contributed by atoms with Gasteiger partial charge in [0.05, 0.1) is 11.6 Å². The van der Waals surface area contributed by atoms with Crippen molar-refractivity contribution in [3.05, 3.63) is 188 Å². The van der Waals surface area contributed by atoms with E-state index in [2.05, 4.69) is 144 Å². The Kier molecular flexibility index (Phi) is 6.89. The SMILES string of the molecule is N#Cc1ccc(-c2ccc(-c3ccc(N(c4ccc5ccc6c7ccccc7oc6c5c4)c4ccc5ccc6c7ccccc7oc6c5c4)cc3)cc2)cc1. The fourth-order valence-electron chi connectivity index (χ4n) is 8.10. The zero-order valence-electron chi connectivity index (χ0n) is 29.5. The fourth-order valence-corrected chi connectivity index (χ4v) is 8.10. The summed E-state index contributed by atoms with van der Waals surface area (Å²) in [7, 11) is 0. The zero-order chi connectivity index (χ0) is 36.5. The normalized spacial score (nSPS) is 11.6. The molecular weight excluding hydrogens is 673 g/mol. The van der Waals surface area contributed by atoms with E-state index in [-0.39, 0.29) is 0 Å². The van der Waals surface area contributed by atoms with Gasteiger partial charge in [-0.2, -0.15) is 5.26 Å². The highest BCUT2D eigenvalue weighted by Gasteiger charge is 2.18. The van der Waals surface area contributed by atoms with Crippen LogP contribution < -0.4 is 4.90 Å². The second-order valence-corrected chi connectivity index (χ2v) is 14.0. The lowest BCUT2D eigenvalue weighted by Crippen LogP contribution is -2.10. The van der Waals surface area contributed by atoms with E-state index in [4.69, 9.17) is 8.83 Å². The average Bonchev–Trinajstić information content (AvgIpc) is 3.83. The second-order valence-electron chi connectivity index (χ2n) is 14.0. The summed E-state index contributed by atoms with van der Waals surface area (Å²) in [6.45, 7) is 0. The van der Waals surface area contributed by atoms with E-state index in [0.717, 1.165) is 105 Å². The predicted molar refractivity (Wildman–Crippen MR) is 226 cm³/mol. The summed E-state index contributed by atoms with van der Waals surface area (Å²) < 4.78 is 13.0. The van der Waals surface area contributed by atoms with Crippen LogP contribution in [-0.4, -0.2) is 0 Å². The van der Waals surface area contributed by atoms with Gasteiger partial charge in [0.1, 0.15) is 22.3 Å². The van der Waals surface area contributed by atoms with Crippen LogP contribution in [0.4, 0.5) is 17.1 Å². The number of benzene rings is 9. The van der Waals surface area contributed by atoms with Crippen LogP contribution in [0.2, 0.25) is 0 Å². The van der Waals surface area contributed by atoms with E-state index in [9.17, 15) is 5.26 Å². The summed E-state index contributed by atoms with van der Waals surface area (Å²) in [6, 6.07) is 65.7. The Morgan fingerprint density at radius 1 is 0.364 bits per heavy atom. The zero-order valence-corrected chi connectivity index (χ0v) is 29.5. The maximum atomic E-state index is 9.19. The molecule has 0 atom stereocenters. The van der Waals surface area contributed by atoms with Gasteiger partial charge in [-0.05, 0) is 106 Å². The minimum absolute atomic E-state index is 0.660. The van der Waals surface area contributed by atoms with Crippen molar-refractivity contribution in [2.75, 3.05) is 4.90 Å². The number of rotatable bonds is 5. The molecule has 256 valence electrons. The molecule has 55 heavy (non-hydrogen) atoms. The van der Waals surface area contributed by atoms with Crippen LogP contribution in [0.1, 0.15) is 5.56 Å². The van der Waals surface area contributed by atoms with E-state index >= 15 is 0 Å². The number of fused-ring (bicyclic) bond motifs is 10. The molecule has 9 aromatic carbocycles. The lowest BCUT2D eigenvalue weighted by Gasteiger charge is -2.26. The van der Waals surface area contributed by atoms with E-state index in [1.54, 1.807) is 0 Å². The molecule has 2 heterocycles. The first-order chi connectivity index (χ1) is 27.2. The van der Waals surface area contributed by atoms with Gasteiger partial charge in [-0.3, -0.25) is 0 Å². The van der Waals surface area contributed by atoms with Crippen molar-refractivity contribution in [3.63, 3.8) is 0 Å². The van der Waals surface area contributed by atoms with E-state index < -0.39 is 0 Å². The molecule has 0 bridgehead atoms. The number of anilines is 3. The summed E-state index contributed by atoms with van der Waals surface area (Å²) in [5.74, 6) is 0. The number of hydrogen-bond donors (Lipinski definition) is 0. The summed E-state index contributed by atoms with van der Waals surface area (Å²) >= 11 is 0. The minimum Gasteiger partial charge on any atom is -0.455 e. The maximum absolute atomic E-state index is 9.19. The molecule has 2 aromatic heterocycles. The molecule has 4 nitrogen and oxygen atoms in total. The van der Waals surface area contributed by atoms with Crippen molar-refractivity contribution in [2.45, 2.75) is 0 Å². The summed E-state index contributed by atoms with van der Waals surface area (Å²) in [5.41, 5.74) is 11.7. The molecule has 0 N–H and O–H groups in total. The lowest BCUT2D eigenvalue weighted by molar-refractivity contribution is 0.672. The van der Waals surface area contributed by atoms with Crippen LogP contribution in [0.15, 0.2) is 191 Å². The highest BCUT2D eigenvalue weighted by atomic mass is 16.3. The van der Waals surface area contributed by atoms with Crippen LogP contribution in [0.25, 0.3) is 87.7 Å². The van der Waals surface area contributed by atoms with Gasteiger partial charge >= 0.3 is 0 Å². The van der Waals surface area contributed by atoms with Crippen LogP contribution >= 0.6 is 0 Å². The molecule has 0 aliphatic rings. The molecule has 0 aliphatic heterocycles. The van der Waals surface area contributed by atoms with Crippen molar-refractivity contribution >= 4 is 82.5 Å². The Morgan fingerprint density at radius 3 is 1.24 bits per heavy atom. The summed E-state index contributed by atoms with van der Waals surface area (Å²) in [4.78, 5) is 2.32. The van der Waals surface area contributed by atoms with E-state index in [0.29, 0.717) is 5.56 Å². The van der Waals surface area contributed by atoms with Gasteiger partial charge in [0.15, 0.2) is 0 Å². The number of para-hydroxylation sites is 2. The smallest absolute Gasteiger partial charge is 0.143 e. The third kappa shape index (κ3) is 5.06. The molecule has 0 fully saturated rings. The molecule has 0 saturated heterocycles. The Balaban J connectivity index is 1.06. The monoisotopic (exact) mass is 702 g/mol. The highest BCUT2D eigenvalue weighted by molar-refractivity contribution is 6.17. The topological polar surface area (TPSA) is 53.3 Å². The first-order valence-electron chi connectivity index (χ1n) is 18.4. The predicted octanol–water partition coefficient (Wildman–Crippen LogP) is 14.5. The van der Waals surface area contributed by atoms with Crippen LogP contribution in [0.5, 0.6) is 0 Å². The molecule has 0 aliphatic carbocycles. The molecular formula is C51H30N2O2. The van der Waals surface area contributed by atoms with Crippen LogP contribution in [-0.2, 0) is 0 Å². The molecule has 11 rings (SSSR count). The molecule has 0 spiro atoms. The van der Waals surface area contributed by atoms with Crippen molar-refractivity contribution in [1.29, 1.82) is 5.26 Å². The molecule has 4 heteroatoms. The maximum Gasteiger partial charge on any atom is 0.143 e. The van der Waals surface area contributed by atoms with Gasteiger partial charge in [0.25, 0.3) is 0 Å². The van der Waals surface area contributed by atoms with Crippen LogP contribution in [0, 0.1) is 11.3 Å². The minimum atomic E-state index is 0.660. The highest BCUT2D eigenvalue weighted by Crippen LogP contribution is 2.43. The number of nitriles is 1. The Morgan fingerprint density at radius 2 is 0.764 bits per heavy atom. The quantitative estimate of drug-likeness (QED) is 0.179. The Bertz CT molecular complexity index is 3160. The Hall–Kier alpha value is -7.61. The average molecular weight is 703 g/mol. The third-order valence-corrected chi connectivity index (χ3v) is 10.9. The molecule has 0 unspecified atom stereocenters. The summed E-state index contributed by atoms with van der Waals surface area (Å²) in [6.07, 6.45) is 0. The molecule has 0 saturated carbocycles. The number of furan rings is 2. The van der Waals surface area contributed by atoms with Crippen molar-refractivity contribution in [3.8, 4) is 28.3 Å². The van der Waals surface area contributed by atoms with Gasteiger partial charge in [-0.1, -0.05) is 109 Å². The Labute approximate surface area is 316 Å². The number of nitrogens with zero attached hydrogens (tertiary/aromatic N) is 2. The van der Waals surface area contributed by atoms with E-state index in [1.165, 1.54) is 0 Å². The second kappa shape index (κ2) is 12.2. The third-order valence-electron chi connectivity index (χ3n) is 10.9. The number of hydrogen-bond acceptors (Lipinski definition) is 4.